The van der Waals surface area contributed by atoms with Crippen LogP contribution in [0.15, 0.2) is 42.5 Å². The number of aromatic nitrogens is 2. The van der Waals surface area contributed by atoms with Gasteiger partial charge in [0.15, 0.2) is 0 Å². The lowest BCUT2D eigenvalue weighted by Gasteiger charge is -2.37. The van der Waals surface area contributed by atoms with Gasteiger partial charge in [-0.3, -0.25) is 0 Å². The van der Waals surface area contributed by atoms with Gasteiger partial charge in [-0.1, -0.05) is 35.9 Å². The van der Waals surface area contributed by atoms with Crippen molar-refractivity contribution in [2.45, 2.75) is 39.7 Å². The molecule has 1 aliphatic heterocycles. The quantitative estimate of drug-likeness (QED) is 0.578. The fourth-order valence-electron chi connectivity index (χ4n) is 3.93. The van der Waals surface area contributed by atoms with Crippen LogP contribution in [0, 0.1) is 19.7 Å². The monoisotopic (exact) mass is 395 g/mol. The molecule has 0 bridgehead atoms. The van der Waals surface area contributed by atoms with Crippen molar-refractivity contribution < 1.29 is 4.39 Å². The average Bonchev–Trinajstić information content (AvgIpc) is 2.67. The van der Waals surface area contributed by atoms with Crippen LogP contribution in [0.5, 0.6) is 0 Å². The second kappa shape index (κ2) is 7.51. The Morgan fingerprint density at radius 2 is 1.93 bits per heavy atom. The van der Waals surface area contributed by atoms with Crippen LogP contribution in [0.1, 0.15) is 46.7 Å². The second-order valence-electron chi connectivity index (χ2n) is 7.40. The topological polar surface area (TPSA) is 29.0 Å². The van der Waals surface area contributed by atoms with Crippen molar-refractivity contribution >= 4 is 17.4 Å². The maximum Gasteiger partial charge on any atom is 0.136 e. The van der Waals surface area contributed by atoms with E-state index in [1.807, 2.05) is 19.1 Å². The fourth-order valence-corrected chi connectivity index (χ4v) is 4.13. The highest BCUT2D eigenvalue weighted by atomic mass is 35.5. The molecule has 3 aromatic rings. The van der Waals surface area contributed by atoms with Gasteiger partial charge < -0.3 is 4.90 Å². The van der Waals surface area contributed by atoms with Gasteiger partial charge in [0.05, 0.1) is 6.04 Å². The molecule has 4 rings (SSSR count). The van der Waals surface area contributed by atoms with Gasteiger partial charge >= 0.3 is 0 Å². The van der Waals surface area contributed by atoms with Crippen molar-refractivity contribution in [1.29, 1.82) is 0 Å². The van der Waals surface area contributed by atoms with E-state index >= 15 is 0 Å². The van der Waals surface area contributed by atoms with Crippen LogP contribution in [0.25, 0.3) is 0 Å². The van der Waals surface area contributed by atoms with Crippen LogP contribution in [-0.2, 0) is 12.8 Å². The van der Waals surface area contributed by atoms with Crippen LogP contribution in [0.3, 0.4) is 0 Å². The number of nitrogens with zero attached hydrogens (tertiary/aromatic N) is 3. The van der Waals surface area contributed by atoms with E-state index in [0.717, 1.165) is 35.1 Å². The van der Waals surface area contributed by atoms with Crippen LogP contribution in [-0.4, -0.2) is 16.5 Å². The largest absolute Gasteiger partial charge is 0.349 e. The molecule has 1 aliphatic rings. The Bertz CT molecular complexity index is 1030. The van der Waals surface area contributed by atoms with E-state index in [0.29, 0.717) is 17.8 Å². The molecule has 5 heteroatoms. The second-order valence-corrected chi connectivity index (χ2v) is 7.84. The van der Waals surface area contributed by atoms with Crippen molar-refractivity contribution in [3.63, 3.8) is 0 Å². The van der Waals surface area contributed by atoms with Crippen LogP contribution in [0.2, 0.25) is 5.02 Å². The molecule has 0 fully saturated rings. The molecule has 2 aromatic carbocycles. The molecule has 0 amide bonds. The van der Waals surface area contributed by atoms with Gasteiger partial charge in [0.25, 0.3) is 0 Å². The fraction of sp³-hybridized carbons (Fsp3) is 0.304. The van der Waals surface area contributed by atoms with Crippen molar-refractivity contribution in [1.82, 2.24) is 9.97 Å². The predicted octanol–water partition coefficient (Wildman–Crippen LogP) is 5.60. The smallest absolute Gasteiger partial charge is 0.136 e. The van der Waals surface area contributed by atoms with E-state index in [9.17, 15) is 4.39 Å². The van der Waals surface area contributed by atoms with Crippen molar-refractivity contribution in [3.8, 4) is 0 Å². The summed E-state index contributed by atoms with van der Waals surface area (Å²) in [6.45, 7) is 7.11. The van der Waals surface area contributed by atoms with E-state index in [-0.39, 0.29) is 11.9 Å². The predicted molar refractivity (Wildman–Crippen MR) is 112 cm³/mol. The summed E-state index contributed by atoms with van der Waals surface area (Å²) in [4.78, 5) is 11.8. The summed E-state index contributed by atoms with van der Waals surface area (Å²) in [6.07, 6.45) is 1.31. The summed E-state index contributed by atoms with van der Waals surface area (Å²) < 4.78 is 14.1. The third-order valence-corrected chi connectivity index (χ3v) is 5.87. The highest BCUT2D eigenvalue weighted by molar-refractivity contribution is 6.30. The maximum absolute atomic E-state index is 14.1. The van der Waals surface area contributed by atoms with Crippen LogP contribution in [0.4, 0.5) is 10.2 Å². The minimum absolute atomic E-state index is 0.190. The first kappa shape index (κ1) is 18.9. The van der Waals surface area contributed by atoms with Crippen molar-refractivity contribution in [2.75, 3.05) is 11.4 Å². The normalized spacial score (nSPS) is 16.2. The molecular weight excluding hydrogens is 373 g/mol. The first-order chi connectivity index (χ1) is 13.4. The van der Waals surface area contributed by atoms with E-state index in [1.165, 1.54) is 17.2 Å². The zero-order valence-corrected chi connectivity index (χ0v) is 17.1. The Morgan fingerprint density at radius 1 is 1.14 bits per heavy atom. The van der Waals surface area contributed by atoms with Gasteiger partial charge in [0.2, 0.25) is 0 Å². The zero-order valence-electron chi connectivity index (χ0n) is 16.3. The summed E-state index contributed by atoms with van der Waals surface area (Å²) in [6, 6.07) is 13.1. The molecule has 2 heterocycles. The minimum atomic E-state index is -0.219. The summed E-state index contributed by atoms with van der Waals surface area (Å²) in [5.41, 5.74) is 5.20. The number of hydrogen-bond donors (Lipinski definition) is 0. The van der Waals surface area contributed by atoms with Gasteiger partial charge in [-0.25, -0.2) is 14.4 Å². The zero-order chi connectivity index (χ0) is 19.8. The van der Waals surface area contributed by atoms with E-state index in [2.05, 4.69) is 35.9 Å². The van der Waals surface area contributed by atoms with E-state index in [1.54, 1.807) is 12.1 Å². The van der Waals surface area contributed by atoms with Crippen LogP contribution >= 0.6 is 11.6 Å². The first-order valence-electron chi connectivity index (χ1n) is 9.56. The summed E-state index contributed by atoms with van der Waals surface area (Å²) in [5.74, 6) is 1.37. The Hall–Kier alpha value is -2.46. The lowest BCUT2D eigenvalue weighted by atomic mass is 9.93. The number of benzene rings is 2. The van der Waals surface area contributed by atoms with Gasteiger partial charge in [-0.15, -0.1) is 0 Å². The van der Waals surface area contributed by atoms with Crippen LogP contribution < -0.4 is 4.90 Å². The molecule has 1 atom stereocenters. The average molecular weight is 396 g/mol. The molecule has 3 nitrogen and oxygen atoms in total. The highest BCUT2D eigenvalue weighted by Crippen LogP contribution is 2.35. The van der Waals surface area contributed by atoms with Crippen molar-refractivity contribution in [3.05, 3.63) is 87.1 Å². The third-order valence-electron chi connectivity index (χ3n) is 5.63. The molecule has 0 aliphatic carbocycles. The number of aryl methyl sites for hydroxylation is 1. The number of anilines is 1. The molecule has 1 aromatic heterocycles. The lowest BCUT2D eigenvalue weighted by molar-refractivity contribution is 0.605. The molecular formula is C23H23ClFN3. The standard InChI is InChI=1S/C23H23ClFN3/c1-14-15(2)26-22(13-18-6-4-5-7-21(18)25)27-23(14)28-11-10-17-12-19(24)8-9-20(17)16(28)3/h4-9,12,16H,10-11,13H2,1-3H3. The highest BCUT2D eigenvalue weighted by Gasteiger charge is 2.27. The van der Waals surface area contributed by atoms with Gasteiger partial charge in [-0.05, 0) is 62.1 Å². The number of rotatable bonds is 3. The maximum atomic E-state index is 14.1. The molecule has 0 spiro atoms. The van der Waals surface area contributed by atoms with Gasteiger partial charge in [-0.2, -0.15) is 0 Å². The molecule has 0 saturated heterocycles. The molecule has 28 heavy (non-hydrogen) atoms. The SMILES string of the molecule is Cc1nc(Cc2ccccc2F)nc(N2CCc3cc(Cl)ccc3C2C)c1C. The Morgan fingerprint density at radius 3 is 2.71 bits per heavy atom. The van der Waals surface area contributed by atoms with E-state index < -0.39 is 0 Å². The number of hydrogen-bond acceptors (Lipinski definition) is 3. The molecule has 1 unspecified atom stereocenters. The minimum Gasteiger partial charge on any atom is -0.349 e. The van der Waals surface area contributed by atoms with Crippen molar-refractivity contribution in [2.24, 2.45) is 0 Å². The summed E-state index contributed by atoms with van der Waals surface area (Å²) >= 11 is 6.17. The third kappa shape index (κ3) is 3.49. The van der Waals surface area contributed by atoms with Gasteiger partial charge in [0, 0.05) is 29.2 Å². The van der Waals surface area contributed by atoms with E-state index in [4.69, 9.17) is 16.6 Å². The number of halogens is 2. The first-order valence-corrected chi connectivity index (χ1v) is 9.94. The summed E-state index contributed by atoms with van der Waals surface area (Å²) in [5, 5.41) is 0.778. The molecule has 0 radical (unpaired) electrons. The van der Waals surface area contributed by atoms with Gasteiger partial charge in [0.1, 0.15) is 17.5 Å². The lowest BCUT2D eigenvalue weighted by Crippen LogP contribution is -2.35. The molecule has 0 N–H and O–H groups in total. The summed E-state index contributed by atoms with van der Waals surface area (Å²) in [7, 11) is 0. The number of fused-ring (bicyclic) bond motifs is 1. The Balaban J connectivity index is 1.71. The molecule has 0 saturated carbocycles. The molecule has 144 valence electrons. The Labute approximate surface area is 170 Å². The Kier molecular flexibility index (Phi) is 5.07.